The molecule has 9 heteroatoms. The maximum Gasteiger partial charge on any atom is 0.271 e. The predicted octanol–water partition coefficient (Wildman–Crippen LogP) is 2.57. The largest absolute Gasteiger partial charge is 0.507 e. The van der Waals surface area contributed by atoms with Crippen LogP contribution in [0.2, 0.25) is 5.02 Å². The van der Waals surface area contributed by atoms with Crippen molar-refractivity contribution >= 4 is 33.2 Å². The molecule has 146 valence electrons. The molecule has 2 aromatic rings. The summed E-state index contributed by atoms with van der Waals surface area (Å²) >= 11 is 6.15. The summed E-state index contributed by atoms with van der Waals surface area (Å²) in [4.78, 5) is 12.5. The minimum atomic E-state index is -3.65. The van der Waals surface area contributed by atoms with E-state index in [1.807, 2.05) is 0 Å². The van der Waals surface area contributed by atoms with Crippen LogP contribution in [0.5, 0.6) is 5.75 Å². The van der Waals surface area contributed by atoms with E-state index in [2.05, 4.69) is 15.2 Å². The number of hydrogen-bond acceptors (Lipinski definition) is 5. The van der Waals surface area contributed by atoms with Crippen molar-refractivity contribution in [3.05, 3.63) is 58.1 Å². The topological polar surface area (TPSA) is 108 Å². The fraction of sp³-hybridized carbons (Fsp3) is 0.263. The van der Waals surface area contributed by atoms with Crippen LogP contribution in [-0.2, 0) is 16.4 Å². The zero-order valence-corrected chi connectivity index (χ0v) is 16.3. The summed E-state index contributed by atoms with van der Waals surface area (Å²) in [6, 6.07) is 8.89. The lowest BCUT2D eigenvalue weighted by Crippen LogP contribution is -2.26. The second-order valence-corrected chi connectivity index (χ2v) is 8.96. The van der Waals surface area contributed by atoms with E-state index in [1.165, 1.54) is 30.3 Å². The van der Waals surface area contributed by atoms with Gasteiger partial charge in [-0.05, 0) is 61.6 Å². The standard InChI is InChI=1S/C19H18ClN3O4S/c20-15-7-9-17(24)18-14(15)6-8-16(18)21-22-19(25)11-2-1-3-13(10-11)28(26,27)23-12-4-5-12/h1-3,7,9-10,12,23-24H,4-6,8H2,(H,22,25)/b21-16+. The highest BCUT2D eigenvalue weighted by Crippen LogP contribution is 2.35. The van der Waals surface area contributed by atoms with E-state index in [0.29, 0.717) is 29.1 Å². The van der Waals surface area contributed by atoms with Crippen molar-refractivity contribution in [3.63, 3.8) is 0 Å². The molecule has 28 heavy (non-hydrogen) atoms. The zero-order chi connectivity index (χ0) is 19.9. The zero-order valence-electron chi connectivity index (χ0n) is 14.8. The number of amides is 1. The highest BCUT2D eigenvalue weighted by Gasteiger charge is 2.28. The average molecular weight is 420 g/mol. The highest BCUT2D eigenvalue weighted by molar-refractivity contribution is 7.89. The van der Waals surface area contributed by atoms with Gasteiger partial charge in [-0.15, -0.1) is 0 Å². The Hall–Kier alpha value is -2.42. The lowest BCUT2D eigenvalue weighted by molar-refractivity contribution is 0.0954. The van der Waals surface area contributed by atoms with E-state index >= 15 is 0 Å². The van der Waals surface area contributed by atoms with Crippen LogP contribution in [0.4, 0.5) is 0 Å². The molecule has 0 unspecified atom stereocenters. The van der Waals surface area contributed by atoms with Crippen molar-refractivity contribution in [2.24, 2.45) is 5.10 Å². The second kappa shape index (κ2) is 7.20. The molecular formula is C19H18ClN3O4S. The number of hydrogen-bond donors (Lipinski definition) is 3. The first-order valence-corrected chi connectivity index (χ1v) is 10.7. The fourth-order valence-electron chi connectivity index (χ4n) is 3.13. The van der Waals surface area contributed by atoms with E-state index in [-0.39, 0.29) is 22.3 Å². The van der Waals surface area contributed by atoms with Gasteiger partial charge in [-0.2, -0.15) is 5.10 Å². The van der Waals surface area contributed by atoms with E-state index in [4.69, 9.17) is 11.6 Å². The first-order chi connectivity index (χ1) is 13.3. The number of nitrogens with one attached hydrogen (secondary N) is 2. The smallest absolute Gasteiger partial charge is 0.271 e. The Kier molecular flexibility index (Phi) is 4.86. The lowest BCUT2D eigenvalue weighted by atomic mass is 10.1. The Morgan fingerprint density at radius 1 is 1.18 bits per heavy atom. The predicted molar refractivity (Wildman–Crippen MR) is 105 cm³/mol. The third kappa shape index (κ3) is 3.76. The highest BCUT2D eigenvalue weighted by atomic mass is 35.5. The summed E-state index contributed by atoms with van der Waals surface area (Å²) in [5.41, 5.74) is 4.49. The number of sulfonamides is 1. The van der Waals surface area contributed by atoms with Gasteiger partial charge in [0.25, 0.3) is 5.91 Å². The normalized spacial score (nSPS) is 17.5. The number of aromatic hydroxyl groups is 1. The number of nitrogens with zero attached hydrogens (tertiary/aromatic N) is 1. The summed E-state index contributed by atoms with van der Waals surface area (Å²) in [5, 5.41) is 14.8. The van der Waals surface area contributed by atoms with Crippen LogP contribution in [0.15, 0.2) is 46.4 Å². The number of phenols is 1. The molecule has 0 saturated heterocycles. The molecule has 1 saturated carbocycles. The van der Waals surface area contributed by atoms with Gasteiger partial charge in [-0.3, -0.25) is 4.79 Å². The molecular weight excluding hydrogens is 402 g/mol. The molecule has 1 amide bonds. The Morgan fingerprint density at radius 2 is 1.96 bits per heavy atom. The van der Waals surface area contributed by atoms with Gasteiger partial charge in [0, 0.05) is 22.2 Å². The van der Waals surface area contributed by atoms with E-state index in [1.54, 1.807) is 6.07 Å². The fourth-order valence-corrected chi connectivity index (χ4v) is 4.74. The number of phenolic OH excluding ortho intramolecular Hbond substituents is 1. The van der Waals surface area contributed by atoms with Gasteiger partial charge in [0.1, 0.15) is 5.75 Å². The molecule has 0 atom stereocenters. The van der Waals surface area contributed by atoms with Crippen molar-refractivity contribution in [2.75, 3.05) is 0 Å². The van der Waals surface area contributed by atoms with Gasteiger partial charge < -0.3 is 5.11 Å². The minimum absolute atomic E-state index is 0.0178. The lowest BCUT2D eigenvalue weighted by Gasteiger charge is -2.08. The van der Waals surface area contributed by atoms with Crippen LogP contribution in [-0.4, -0.2) is 31.2 Å². The molecule has 2 aliphatic rings. The summed E-state index contributed by atoms with van der Waals surface area (Å²) in [7, 11) is -3.65. The van der Waals surface area contributed by atoms with Gasteiger partial charge >= 0.3 is 0 Å². The molecule has 2 aromatic carbocycles. The Labute approximate surface area is 167 Å². The SMILES string of the molecule is O=C(N/N=C1\CCc2c(Cl)ccc(O)c21)c1cccc(S(=O)(=O)NC2CC2)c1. The summed E-state index contributed by atoms with van der Waals surface area (Å²) in [6.45, 7) is 0. The molecule has 7 nitrogen and oxygen atoms in total. The van der Waals surface area contributed by atoms with Gasteiger partial charge in [-0.1, -0.05) is 17.7 Å². The van der Waals surface area contributed by atoms with Crippen LogP contribution >= 0.6 is 11.6 Å². The Morgan fingerprint density at radius 3 is 2.71 bits per heavy atom. The van der Waals surface area contributed by atoms with E-state index in [9.17, 15) is 18.3 Å². The van der Waals surface area contributed by atoms with Crippen LogP contribution < -0.4 is 10.1 Å². The van der Waals surface area contributed by atoms with Crippen molar-refractivity contribution in [2.45, 2.75) is 36.6 Å². The van der Waals surface area contributed by atoms with Gasteiger partial charge in [0.2, 0.25) is 10.0 Å². The van der Waals surface area contributed by atoms with E-state index < -0.39 is 15.9 Å². The quantitative estimate of drug-likeness (QED) is 0.647. The van der Waals surface area contributed by atoms with Gasteiger partial charge in [0.15, 0.2) is 0 Å². The van der Waals surface area contributed by atoms with Crippen LogP contribution in [0.3, 0.4) is 0 Å². The van der Waals surface area contributed by atoms with E-state index in [0.717, 1.165) is 18.4 Å². The Balaban J connectivity index is 1.54. The molecule has 2 aliphatic carbocycles. The summed E-state index contributed by atoms with van der Waals surface area (Å²) < 4.78 is 27.2. The molecule has 0 spiro atoms. The molecule has 0 aliphatic heterocycles. The first kappa shape index (κ1) is 18.9. The molecule has 0 heterocycles. The third-order valence-electron chi connectivity index (χ3n) is 4.73. The van der Waals surface area contributed by atoms with Crippen LogP contribution in [0.25, 0.3) is 0 Å². The molecule has 0 bridgehead atoms. The average Bonchev–Trinajstić information content (AvgIpc) is 3.37. The third-order valence-corrected chi connectivity index (χ3v) is 6.60. The van der Waals surface area contributed by atoms with Gasteiger partial charge in [-0.25, -0.2) is 18.6 Å². The number of benzene rings is 2. The monoisotopic (exact) mass is 419 g/mol. The molecule has 0 aromatic heterocycles. The Bertz CT molecular complexity index is 1090. The minimum Gasteiger partial charge on any atom is -0.507 e. The number of halogens is 1. The molecule has 0 radical (unpaired) electrons. The van der Waals surface area contributed by atoms with Crippen molar-refractivity contribution in [3.8, 4) is 5.75 Å². The number of carbonyl (C=O) groups excluding carboxylic acids is 1. The molecule has 4 rings (SSSR count). The maximum absolute atomic E-state index is 12.5. The van der Waals surface area contributed by atoms with Crippen LogP contribution in [0, 0.1) is 0 Å². The van der Waals surface area contributed by atoms with Crippen molar-refractivity contribution in [1.29, 1.82) is 0 Å². The number of fused-ring (bicyclic) bond motifs is 1. The van der Waals surface area contributed by atoms with Gasteiger partial charge in [0.05, 0.1) is 10.6 Å². The number of carbonyl (C=O) groups is 1. The first-order valence-electron chi connectivity index (χ1n) is 8.85. The summed E-state index contributed by atoms with van der Waals surface area (Å²) in [5.74, 6) is -0.477. The van der Waals surface area contributed by atoms with Crippen molar-refractivity contribution < 1.29 is 18.3 Å². The summed E-state index contributed by atoms with van der Waals surface area (Å²) in [6.07, 6.45) is 2.81. The number of hydrazone groups is 1. The van der Waals surface area contributed by atoms with Crippen molar-refractivity contribution in [1.82, 2.24) is 10.1 Å². The molecule has 1 fully saturated rings. The molecule has 3 N–H and O–H groups in total. The second-order valence-electron chi connectivity index (χ2n) is 6.84. The maximum atomic E-state index is 12.5. The number of rotatable bonds is 5. The van der Waals surface area contributed by atoms with Crippen LogP contribution in [0.1, 0.15) is 40.7 Å².